The molecule has 2 saturated heterocycles. The lowest BCUT2D eigenvalue weighted by atomic mass is 10.1. The number of ether oxygens (including phenoxy) is 2. The Hall–Kier alpha value is -4.02. The Morgan fingerprint density at radius 3 is 2.55 bits per heavy atom. The van der Waals surface area contributed by atoms with E-state index < -0.39 is 0 Å². The molecule has 2 N–H and O–H groups in total. The lowest BCUT2D eigenvalue weighted by Gasteiger charge is -2.35. The van der Waals surface area contributed by atoms with Crippen molar-refractivity contribution in [3.8, 4) is 22.8 Å². The molecular formula is C28H31N7O3. The second kappa shape index (κ2) is 10.8. The molecule has 2 aliphatic rings. The highest BCUT2D eigenvalue weighted by molar-refractivity contribution is 5.98. The van der Waals surface area contributed by atoms with Gasteiger partial charge in [0, 0.05) is 31.7 Å². The third kappa shape index (κ3) is 5.05. The average molecular weight is 514 g/mol. The van der Waals surface area contributed by atoms with Gasteiger partial charge in [-0.1, -0.05) is 18.2 Å². The fourth-order valence-corrected chi connectivity index (χ4v) is 5.19. The van der Waals surface area contributed by atoms with Gasteiger partial charge in [0.15, 0.2) is 5.65 Å². The first-order valence-electron chi connectivity index (χ1n) is 13.1. The summed E-state index contributed by atoms with van der Waals surface area (Å²) < 4.78 is 13.3. The first kappa shape index (κ1) is 24.3. The molecule has 196 valence electrons. The number of hydrogen-bond donors (Lipinski definition) is 1. The number of piperidine rings is 1. The topological polar surface area (TPSA) is 112 Å². The number of nitrogens with two attached hydrogens (primary N) is 1. The van der Waals surface area contributed by atoms with Gasteiger partial charge in [0.05, 0.1) is 31.2 Å². The maximum absolute atomic E-state index is 13.1. The molecule has 2 aromatic heterocycles. The smallest absolute Gasteiger partial charge is 0.236 e. The summed E-state index contributed by atoms with van der Waals surface area (Å²) in [5, 5.41) is 5.72. The Bertz CT molecular complexity index is 1400. The van der Waals surface area contributed by atoms with Crippen LogP contribution in [0, 0.1) is 0 Å². The van der Waals surface area contributed by atoms with Gasteiger partial charge in [-0.05, 0) is 49.2 Å². The predicted octanol–water partition coefficient (Wildman–Crippen LogP) is 3.36. The van der Waals surface area contributed by atoms with Gasteiger partial charge in [-0.2, -0.15) is 5.10 Å². The molecule has 2 fully saturated rings. The van der Waals surface area contributed by atoms with Crippen LogP contribution in [-0.4, -0.2) is 81.4 Å². The molecule has 2 aromatic carbocycles. The molecule has 6 rings (SSSR count). The van der Waals surface area contributed by atoms with Crippen LogP contribution in [0.1, 0.15) is 18.9 Å². The molecule has 1 atom stereocenters. The fourth-order valence-electron chi connectivity index (χ4n) is 5.19. The van der Waals surface area contributed by atoms with Crippen LogP contribution in [0.25, 0.3) is 22.3 Å². The van der Waals surface area contributed by atoms with Gasteiger partial charge in [-0.3, -0.25) is 9.69 Å². The molecular weight excluding hydrogens is 482 g/mol. The highest BCUT2D eigenvalue weighted by Gasteiger charge is 2.29. The van der Waals surface area contributed by atoms with Gasteiger partial charge in [-0.15, -0.1) is 0 Å². The zero-order valence-corrected chi connectivity index (χ0v) is 21.2. The summed E-state index contributed by atoms with van der Waals surface area (Å²) in [5.74, 6) is 2.04. The van der Waals surface area contributed by atoms with Gasteiger partial charge in [-0.25, -0.2) is 14.6 Å². The number of fused-ring (bicyclic) bond motifs is 1. The minimum Gasteiger partial charge on any atom is -0.457 e. The van der Waals surface area contributed by atoms with Gasteiger partial charge >= 0.3 is 0 Å². The summed E-state index contributed by atoms with van der Waals surface area (Å²) in [6, 6.07) is 17.4. The highest BCUT2D eigenvalue weighted by atomic mass is 16.5. The minimum atomic E-state index is 0.00336. The lowest BCUT2D eigenvalue weighted by Crippen LogP contribution is -2.48. The maximum atomic E-state index is 13.1. The highest BCUT2D eigenvalue weighted by Crippen LogP contribution is 2.35. The monoisotopic (exact) mass is 513 g/mol. The number of carbonyl (C=O) groups is 1. The van der Waals surface area contributed by atoms with Crippen LogP contribution in [0.5, 0.6) is 11.5 Å². The van der Waals surface area contributed by atoms with Crippen molar-refractivity contribution in [3.63, 3.8) is 0 Å². The number of amides is 1. The number of aromatic nitrogens is 4. The zero-order chi connectivity index (χ0) is 25.9. The van der Waals surface area contributed by atoms with E-state index >= 15 is 0 Å². The van der Waals surface area contributed by atoms with E-state index in [0.29, 0.717) is 37.8 Å². The van der Waals surface area contributed by atoms with Gasteiger partial charge in [0.25, 0.3) is 0 Å². The third-order valence-electron chi connectivity index (χ3n) is 7.18. The zero-order valence-electron chi connectivity index (χ0n) is 21.2. The van der Waals surface area contributed by atoms with Crippen molar-refractivity contribution in [2.75, 3.05) is 51.7 Å². The van der Waals surface area contributed by atoms with E-state index in [4.69, 9.17) is 20.3 Å². The van der Waals surface area contributed by atoms with Gasteiger partial charge in [0.2, 0.25) is 5.91 Å². The summed E-state index contributed by atoms with van der Waals surface area (Å²) in [5.41, 5.74) is 8.64. The molecule has 4 aromatic rings. The second-order valence-electron chi connectivity index (χ2n) is 9.71. The van der Waals surface area contributed by atoms with Crippen molar-refractivity contribution in [1.82, 2.24) is 29.5 Å². The summed E-state index contributed by atoms with van der Waals surface area (Å²) in [6.07, 6.45) is 3.29. The number of para-hydroxylation sites is 1. The van der Waals surface area contributed by atoms with Crippen LogP contribution >= 0.6 is 0 Å². The molecule has 10 nitrogen and oxygen atoms in total. The predicted molar refractivity (Wildman–Crippen MR) is 144 cm³/mol. The molecule has 0 bridgehead atoms. The molecule has 0 saturated carbocycles. The van der Waals surface area contributed by atoms with Crippen LogP contribution in [0.3, 0.4) is 0 Å². The summed E-state index contributed by atoms with van der Waals surface area (Å²) in [4.78, 5) is 26.0. The van der Waals surface area contributed by atoms with Crippen molar-refractivity contribution in [2.45, 2.75) is 18.9 Å². The van der Waals surface area contributed by atoms with Crippen molar-refractivity contribution < 1.29 is 14.3 Å². The van der Waals surface area contributed by atoms with Crippen LogP contribution in [0.4, 0.5) is 5.82 Å². The Morgan fingerprint density at radius 2 is 1.76 bits per heavy atom. The van der Waals surface area contributed by atoms with Crippen LogP contribution in [0.2, 0.25) is 0 Å². The molecule has 4 heterocycles. The molecule has 10 heteroatoms. The van der Waals surface area contributed by atoms with Crippen molar-refractivity contribution in [3.05, 3.63) is 60.9 Å². The van der Waals surface area contributed by atoms with E-state index in [9.17, 15) is 4.79 Å². The third-order valence-corrected chi connectivity index (χ3v) is 7.18. The summed E-state index contributed by atoms with van der Waals surface area (Å²) in [6.45, 7) is 4.71. The average Bonchev–Trinajstić information content (AvgIpc) is 3.36. The van der Waals surface area contributed by atoms with E-state index in [-0.39, 0.29) is 11.9 Å². The second-order valence-corrected chi connectivity index (χ2v) is 9.71. The molecule has 2 aliphatic heterocycles. The number of anilines is 1. The molecule has 1 unspecified atom stereocenters. The van der Waals surface area contributed by atoms with E-state index in [1.54, 1.807) is 0 Å². The summed E-state index contributed by atoms with van der Waals surface area (Å²) >= 11 is 0. The van der Waals surface area contributed by atoms with Gasteiger partial charge < -0.3 is 20.1 Å². The number of nitrogens with zero attached hydrogens (tertiary/aromatic N) is 6. The van der Waals surface area contributed by atoms with E-state index in [1.807, 2.05) is 64.2 Å². The van der Waals surface area contributed by atoms with E-state index in [1.165, 1.54) is 6.33 Å². The number of rotatable bonds is 6. The molecule has 0 aliphatic carbocycles. The number of carbonyl (C=O) groups excluding carboxylic acids is 1. The molecule has 38 heavy (non-hydrogen) atoms. The van der Waals surface area contributed by atoms with E-state index in [0.717, 1.165) is 60.6 Å². The maximum Gasteiger partial charge on any atom is 0.236 e. The standard InChI is InChI=1S/C28H31N7O3/c29-27-25-26(20-8-10-23(11-9-20)38-22-6-2-1-3-7-22)32-35(28(25)31-19-30-27)21-5-4-12-34(17-21)24(36)18-33-13-15-37-16-14-33/h1-3,6-11,19,21H,4-5,12-18H2,(H2,29,30,31). The number of likely N-dealkylation sites (tertiary alicyclic amines) is 1. The van der Waals surface area contributed by atoms with Crippen molar-refractivity contribution >= 4 is 22.8 Å². The molecule has 0 spiro atoms. The number of nitrogen functional groups attached to an aromatic ring is 1. The Labute approximate surface area is 221 Å². The van der Waals surface area contributed by atoms with Gasteiger partial charge in [0.1, 0.15) is 29.3 Å². The number of benzene rings is 2. The first-order chi connectivity index (χ1) is 18.7. The largest absolute Gasteiger partial charge is 0.457 e. The summed E-state index contributed by atoms with van der Waals surface area (Å²) in [7, 11) is 0. The fraction of sp³-hybridized carbons (Fsp3) is 0.357. The lowest BCUT2D eigenvalue weighted by molar-refractivity contribution is -0.135. The normalized spacial score (nSPS) is 18.5. The Morgan fingerprint density at radius 1 is 1.00 bits per heavy atom. The van der Waals surface area contributed by atoms with E-state index in [2.05, 4.69) is 14.9 Å². The van der Waals surface area contributed by atoms with Crippen LogP contribution in [0.15, 0.2) is 60.9 Å². The van der Waals surface area contributed by atoms with Crippen LogP contribution < -0.4 is 10.5 Å². The molecule has 0 radical (unpaired) electrons. The van der Waals surface area contributed by atoms with Crippen molar-refractivity contribution in [1.29, 1.82) is 0 Å². The van der Waals surface area contributed by atoms with Crippen LogP contribution in [-0.2, 0) is 9.53 Å². The Balaban J connectivity index is 1.25. The Kier molecular flexibility index (Phi) is 6.89. The minimum absolute atomic E-state index is 0.00336. The quantitative estimate of drug-likeness (QED) is 0.418. The first-order valence-corrected chi connectivity index (χ1v) is 13.1. The number of morpholine rings is 1. The van der Waals surface area contributed by atoms with Crippen molar-refractivity contribution in [2.24, 2.45) is 0 Å². The molecule has 1 amide bonds. The number of hydrogen-bond acceptors (Lipinski definition) is 8. The SMILES string of the molecule is Nc1ncnc2c1c(-c1ccc(Oc3ccccc3)cc1)nn2C1CCCN(C(=O)CN2CCOCC2)C1.